The van der Waals surface area contributed by atoms with E-state index in [0.29, 0.717) is 64.6 Å². The molecule has 0 aliphatic carbocycles. The molecule has 0 aromatic heterocycles. The lowest BCUT2D eigenvalue weighted by molar-refractivity contribution is -0.148. The zero-order valence-electron chi connectivity index (χ0n) is 49.9. The fraction of sp³-hybridized carbons (Fsp3) is 0.672. The van der Waals surface area contributed by atoms with Gasteiger partial charge in [0.05, 0.1) is 42.7 Å². The summed E-state index contributed by atoms with van der Waals surface area (Å²) < 4.78 is 12.0. The smallest absolute Gasteiger partial charge is 0.326 e. The van der Waals surface area contributed by atoms with Crippen LogP contribution in [-0.2, 0) is 60.7 Å². The van der Waals surface area contributed by atoms with Crippen LogP contribution in [0, 0.1) is 35.5 Å². The van der Waals surface area contributed by atoms with Gasteiger partial charge in [0, 0.05) is 78.8 Å². The number of aliphatic carboxylic acids is 1. The zero-order valence-corrected chi connectivity index (χ0v) is 49.9. The van der Waals surface area contributed by atoms with E-state index in [1.54, 1.807) is 35.7 Å². The molecule has 2 aromatic rings. The van der Waals surface area contributed by atoms with Crippen LogP contribution in [-0.4, -0.2) is 169 Å². The lowest BCUT2D eigenvalue weighted by Crippen LogP contribution is -2.60. The maximum atomic E-state index is 14.8. The number of carbonyl (C=O) groups excluding carboxylic acids is 7. The molecule has 2 fully saturated rings. The van der Waals surface area contributed by atoms with Crippen LogP contribution in [0.2, 0.25) is 0 Å². The Morgan fingerprint density at radius 2 is 1.46 bits per heavy atom. The van der Waals surface area contributed by atoms with Gasteiger partial charge in [-0.1, -0.05) is 118 Å². The second kappa shape index (κ2) is 31.3. The number of anilines is 1. The van der Waals surface area contributed by atoms with Crippen LogP contribution in [0.1, 0.15) is 131 Å². The number of hydrogen-bond acceptors (Lipinski definition) is 11. The van der Waals surface area contributed by atoms with E-state index >= 15 is 0 Å². The number of rotatable bonds is 32. The maximum absolute atomic E-state index is 14.8. The molecule has 0 bridgehead atoms. The van der Waals surface area contributed by atoms with E-state index in [4.69, 9.17) is 9.47 Å². The number of nitrogens with one attached hydrogen (secondary N) is 2. The van der Waals surface area contributed by atoms with Crippen molar-refractivity contribution in [2.24, 2.45) is 35.5 Å². The Balaban J connectivity index is 1.35. The number of nitrogens with zero attached hydrogens (tertiary/aromatic N) is 5. The first-order chi connectivity index (χ1) is 37.4. The zero-order chi connectivity index (χ0) is 58.8. The highest BCUT2D eigenvalue weighted by atomic mass is 16.5. The van der Waals surface area contributed by atoms with Crippen LogP contribution in [0.25, 0.3) is 0 Å². The summed E-state index contributed by atoms with van der Waals surface area (Å²) in [5.74, 6) is -4.01. The Labute approximate surface area is 471 Å². The van der Waals surface area contributed by atoms with Crippen LogP contribution in [0.4, 0.5) is 5.69 Å². The predicted octanol–water partition coefficient (Wildman–Crippen LogP) is 6.61. The number of carboxylic acid groups (broad SMARTS) is 1. The molecule has 4 rings (SSSR count). The number of ether oxygens (including phenoxy) is 2. The standard InChI is InChI=1S/C61H95N7O11/c1-15-41(8)55(49(78-13)37-52(71)67-33-22-25-48(67)56(79-14)42(9)57(72)62-47(61(76)77)35-44-23-18-16-19-24-44)66(12)60(75)53(39(4)5)63-58(73)54(40(6)7)64(10)34-31-43-27-29-45(30-28-43)65(11)50(69)26-20-17-21-32-68-51(70)36-46(38(2)3)59(68)74/h16,18-19,23-24,27-30,38-42,46-49,53-56H,15,17,20-22,25-26,31-37H2,1-14H3,(H,62,72)(H,63,73)(H,76,77)/t41-,42+,46?,47-,48-,49+,53-,54-,55-,56+/m0/s1. The fourth-order valence-corrected chi connectivity index (χ4v) is 11.5. The number of carboxylic acids is 1. The average Bonchev–Trinajstić information content (AvgIpc) is 4.02. The summed E-state index contributed by atoms with van der Waals surface area (Å²) in [6.07, 6.45) is 3.86. The van der Waals surface area contributed by atoms with Crippen molar-refractivity contribution in [3.05, 3.63) is 65.7 Å². The molecule has 0 radical (unpaired) electrons. The van der Waals surface area contributed by atoms with Crippen LogP contribution < -0.4 is 15.5 Å². The normalized spacial score (nSPS) is 18.8. The minimum absolute atomic E-state index is 0.0195. The van der Waals surface area contributed by atoms with E-state index in [0.717, 1.165) is 23.2 Å². The SMILES string of the molecule is CC[C@H](C)[C@@H]([C@@H](CC(=O)N1CCC[C@H]1[C@H](OC)[C@@H](C)C(=O)N[C@@H](Cc1ccccc1)C(=O)O)OC)N(C)C(=O)[C@@H](NC(=O)[C@H](C(C)C)N(C)CCc1ccc(N(C)C(=O)CCCCCN2C(=O)CC(C(C)C)C2=O)cc1)C(C)C. The van der Waals surface area contributed by atoms with Gasteiger partial charge >= 0.3 is 5.97 Å². The number of benzene rings is 2. The van der Waals surface area contributed by atoms with E-state index < -0.39 is 60.2 Å². The largest absolute Gasteiger partial charge is 0.480 e. The fourth-order valence-electron chi connectivity index (χ4n) is 11.5. The molecule has 2 aliphatic heterocycles. The Morgan fingerprint density at radius 1 is 0.797 bits per heavy atom. The first-order valence-corrected chi connectivity index (χ1v) is 28.8. The summed E-state index contributed by atoms with van der Waals surface area (Å²) in [6.45, 7) is 18.8. The first kappa shape index (κ1) is 65.8. The highest BCUT2D eigenvalue weighted by Crippen LogP contribution is 2.31. The summed E-state index contributed by atoms with van der Waals surface area (Å²) in [4.78, 5) is 116. The molecule has 18 nitrogen and oxygen atoms in total. The van der Waals surface area contributed by atoms with Gasteiger partial charge in [-0.25, -0.2) is 4.79 Å². The van der Waals surface area contributed by atoms with Crippen molar-refractivity contribution >= 4 is 53.0 Å². The van der Waals surface area contributed by atoms with Gasteiger partial charge in [-0.2, -0.15) is 0 Å². The van der Waals surface area contributed by atoms with Crippen LogP contribution >= 0.6 is 0 Å². The van der Waals surface area contributed by atoms with Crippen molar-refractivity contribution in [2.45, 2.75) is 175 Å². The number of hydrogen-bond donors (Lipinski definition) is 3. The molecule has 18 heteroatoms. The number of carbonyl (C=O) groups is 8. The minimum Gasteiger partial charge on any atom is -0.480 e. The molecule has 1 unspecified atom stereocenters. The van der Waals surface area contributed by atoms with Crippen LogP contribution in [0.3, 0.4) is 0 Å². The lowest BCUT2D eigenvalue weighted by atomic mass is 9.89. The summed E-state index contributed by atoms with van der Waals surface area (Å²) in [6, 6.07) is 13.3. The predicted molar refractivity (Wildman–Crippen MR) is 306 cm³/mol. The van der Waals surface area contributed by atoms with Gasteiger partial charge in [-0.3, -0.25) is 43.4 Å². The molecule has 0 spiro atoms. The molecule has 10 atom stereocenters. The molecule has 440 valence electrons. The van der Waals surface area contributed by atoms with E-state index in [-0.39, 0.29) is 84.3 Å². The van der Waals surface area contributed by atoms with E-state index in [1.807, 2.05) is 122 Å². The molecule has 2 aromatic carbocycles. The number of likely N-dealkylation sites (N-methyl/N-ethyl adjacent to an activating group) is 2. The van der Waals surface area contributed by atoms with Gasteiger partial charge in [0.15, 0.2) is 0 Å². The third-order valence-corrected chi connectivity index (χ3v) is 16.6. The highest BCUT2D eigenvalue weighted by Gasteiger charge is 2.44. The van der Waals surface area contributed by atoms with Crippen molar-refractivity contribution in [1.29, 1.82) is 0 Å². The maximum Gasteiger partial charge on any atom is 0.326 e. The molecule has 7 amide bonds. The second-order valence-electron chi connectivity index (χ2n) is 23.2. The molecular formula is C61H95N7O11. The van der Waals surface area contributed by atoms with Gasteiger partial charge < -0.3 is 39.9 Å². The van der Waals surface area contributed by atoms with Gasteiger partial charge in [-0.15, -0.1) is 0 Å². The quantitative estimate of drug-likeness (QED) is 0.0521. The number of amides is 7. The monoisotopic (exact) mass is 1100 g/mol. The molecule has 0 saturated carbocycles. The molecular weight excluding hydrogens is 1010 g/mol. The number of imide groups is 1. The lowest BCUT2D eigenvalue weighted by Gasteiger charge is -2.41. The summed E-state index contributed by atoms with van der Waals surface area (Å²) >= 11 is 0. The first-order valence-electron chi connectivity index (χ1n) is 28.8. The highest BCUT2D eigenvalue weighted by molar-refractivity contribution is 6.03. The van der Waals surface area contributed by atoms with Gasteiger partial charge in [-0.05, 0) is 86.1 Å². The molecule has 2 saturated heterocycles. The Hall–Kier alpha value is -5.72. The van der Waals surface area contributed by atoms with Crippen molar-refractivity contribution < 1.29 is 52.9 Å². The third-order valence-electron chi connectivity index (χ3n) is 16.6. The van der Waals surface area contributed by atoms with Gasteiger partial charge in [0.1, 0.15) is 12.1 Å². The Kier molecular flexibility index (Phi) is 26.1. The van der Waals surface area contributed by atoms with Crippen molar-refractivity contribution in [2.75, 3.05) is 59.9 Å². The van der Waals surface area contributed by atoms with Crippen molar-refractivity contribution in [3.8, 4) is 0 Å². The van der Waals surface area contributed by atoms with Crippen molar-refractivity contribution in [3.63, 3.8) is 0 Å². The molecule has 2 heterocycles. The van der Waals surface area contributed by atoms with E-state index in [9.17, 15) is 43.5 Å². The summed E-state index contributed by atoms with van der Waals surface area (Å²) in [5, 5.41) is 15.8. The Morgan fingerprint density at radius 3 is 2.01 bits per heavy atom. The third kappa shape index (κ3) is 17.9. The second-order valence-corrected chi connectivity index (χ2v) is 23.2. The van der Waals surface area contributed by atoms with Crippen LogP contribution in [0.5, 0.6) is 0 Å². The van der Waals surface area contributed by atoms with Crippen LogP contribution in [0.15, 0.2) is 54.6 Å². The average molecular weight is 1100 g/mol. The van der Waals surface area contributed by atoms with E-state index in [2.05, 4.69) is 10.6 Å². The minimum atomic E-state index is -1.16. The van der Waals surface area contributed by atoms with E-state index in [1.165, 1.54) is 19.1 Å². The summed E-state index contributed by atoms with van der Waals surface area (Å²) in [5.41, 5.74) is 2.57. The molecule has 2 aliphatic rings. The van der Waals surface area contributed by atoms with Gasteiger partial charge in [0.25, 0.3) is 0 Å². The molecule has 79 heavy (non-hydrogen) atoms. The summed E-state index contributed by atoms with van der Waals surface area (Å²) in [7, 11) is 8.39. The Bertz CT molecular complexity index is 2330. The number of likely N-dealkylation sites (tertiary alicyclic amines) is 2. The van der Waals surface area contributed by atoms with Gasteiger partial charge in [0.2, 0.25) is 41.4 Å². The number of unbranched alkanes of at least 4 members (excludes halogenated alkanes) is 2. The molecule has 3 N–H and O–H groups in total. The number of methoxy groups -OCH3 is 2. The van der Waals surface area contributed by atoms with Crippen molar-refractivity contribution in [1.82, 2.24) is 30.2 Å². The topological polar surface area (TPSA) is 216 Å².